The predicted octanol–water partition coefficient (Wildman–Crippen LogP) is 6.16. The molecule has 0 N–H and O–H groups in total. The van der Waals surface area contributed by atoms with Crippen molar-refractivity contribution in [1.82, 2.24) is 9.55 Å². The van der Waals surface area contributed by atoms with Crippen molar-refractivity contribution in [2.45, 2.75) is 46.1 Å². The molecule has 0 bridgehead atoms. The molecule has 1 heterocycles. The summed E-state index contributed by atoms with van der Waals surface area (Å²) in [5.41, 5.74) is -3.95. The van der Waals surface area contributed by atoms with Crippen LogP contribution in [0.1, 0.15) is 51.7 Å². The van der Waals surface area contributed by atoms with E-state index >= 15 is 0 Å². The van der Waals surface area contributed by atoms with Gasteiger partial charge in [0.25, 0.3) is 18.4 Å². The summed E-state index contributed by atoms with van der Waals surface area (Å²) in [4.78, 5) is 31.5. The lowest BCUT2D eigenvalue weighted by Gasteiger charge is -2.28. The Hall–Kier alpha value is -3.50. The minimum Gasteiger partial charge on any atom is -0.443 e. The number of carbonyl (C=O) groups is 1. The zero-order valence-electron chi connectivity index (χ0n) is 18.8. The molecule has 3 rings (SSSR count). The highest BCUT2D eigenvalue weighted by Gasteiger charge is 2.29. The van der Waals surface area contributed by atoms with Crippen LogP contribution in [0.5, 0.6) is 0 Å². The first-order valence-electron chi connectivity index (χ1n) is 10.3. The molecule has 0 spiro atoms. The van der Waals surface area contributed by atoms with Crippen LogP contribution in [0.15, 0.2) is 41.2 Å². The molecule has 2 aromatic carbocycles. The first-order chi connectivity index (χ1) is 15.8. The number of nitrogens with zero attached hydrogens (tertiary/aromatic N) is 3. The average molecular weight is 483 g/mol. The number of hydrogen-bond donors (Lipinski definition) is 0. The fraction of sp³-hybridized carbons (Fsp3) is 0.348. The number of halogens is 5. The summed E-state index contributed by atoms with van der Waals surface area (Å²) >= 11 is 0. The van der Waals surface area contributed by atoms with Gasteiger partial charge in [-0.25, -0.2) is 41.2 Å². The average Bonchev–Trinajstić information content (AvgIpc) is 2.72. The van der Waals surface area contributed by atoms with Gasteiger partial charge in [-0.05, 0) is 52.0 Å². The maximum Gasteiger partial charge on any atom is 0.417 e. The van der Waals surface area contributed by atoms with Gasteiger partial charge in [0, 0.05) is 17.7 Å². The van der Waals surface area contributed by atoms with Gasteiger partial charge in [-0.3, -0.25) is 4.79 Å². The standard InChI is InChI=1S/C23H22F5N3O3/c1-5-30(22(33)34-23(2,3)4)21-29-16-8-6-7-15(19(27)28)17(16)20(32)31(21)14-10-12(18(25)26)9-13(24)11-14/h6-11,18-19H,5H2,1-4H3. The Balaban J connectivity index is 2.43. The molecule has 3 aromatic rings. The van der Waals surface area contributed by atoms with Crippen molar-refractivity contribution < 1.29 is 31.5 Å². The third kappa shape index (κ3) is 5.02. The predicted molar refractivity (Wildman–Crippen MR) is 116 cm³/mol. The summed E-state index contributed by atoms with van der Waals surface area (Å²) in [6.07, 6.45) is -7.05. The van der Waals surface area contributed by atoms with Crippen molar-refractivity contribution in [3.63, 3.8) is 0 Å². The number of rotatable bonds is 5. The van der Waals surface area contributed by atoms with Crippen molar-refractivity contribution >= 4 is 22.9 Å². The lowest BCUT2D eigenvalue weighted by molar-refractivity contribution is 0.0579. The summed E-state index contributed by atoms with van der Waals surface area (Å²) in [7, 11) is 0. The minimum atomic E-state index is -3.08. The molecule has 34 heavy (non-hydrogen) atoms. The van der Waals surface area contributed by atoms with Crippen LogP contribution in [-0.4, -0.2) is 27.8 Å². The van der Waals surface area contributed by atoms with Gasteiger partial charge in [-0.2, -0.15) is 0 Å². The first kappa shape index (κ1) is 25.1. The van der Waals surface area contributed by atoms with Gasteiger partial charge >= 0.3 is 6.09 Å². The summed E-state index contributed by atoms with van der Waals surface area (Å²) in [6, 6.07) is 5.80. The molecule has 0 unspecified atom stereocenters. The first-order valence-corrected chi connectivity index (χ1v) is 10.3. The van der Waals surface area contributed by atoms with Crippen LogP contribution in [-0.2, 0) is 4.74 Å². The van der Waals surface area contributed by atoms with Crippen LogP contribution in [0, 0.1) is 5.82 Å². The SMILES string of the molecule is CCN(C(=O)OC(C)(C)C)c1nc2cccc(C(F)F)c2c(=O)n1-c1cc(F)cc(C(F)F)c1. The number of fused-ring (bicyclic) bond motifs is 1. The third-order valence-electron chi connectivity index (χ3n) is 4.73. The number of alkyl halides is 4. The van der Waals surface area contributed by atoms with Crippen LogP contribution < -0.4 is 10.5 Å². The minimum absolute atomic E-state index is 0.0849. The molecule has 0 saturated carbocycles. The van der Waals surface area contributed by atoms with E-state index in [0.29, 0.717) is 10.6 Å². The Labute approximate surface area is 191 Å². The monoisotopic (exact) mass is 483 g/mol. The summed E-state index contributed by atoms with van der Waals surface area (Å²) < 4.78 is 74.3. The van der Waals surface area contributed by atoms with Gasteiger partial charge in [0.1, 0.15) is 11.4 Å². The molecule has 6 nitrogen and oxygen atoms in total. The van der Waals surface area contributed by atoms with E-state index in [1.165, 1.54) is 19.1 Å². The maximum absolute atomic E-state index is 14.2. The summed E-state index contributed by atoms with van der Waals surface area (Å²) in [6.45, 7) is 6.27. The number of ether oxygens (including phenoxy) is 1. The molecular formula is C23H22F5N3O3. The van der Waals surface area contributed by atoms with E-state index in [4.69, 9.17) is 4.74 Å². The Bertz CT molecular complexity index is 1290. The van der Waals surface area contributed by atoms with E-state index in [1.807, 2.05) is 0 Å². The van der Waals surface area contributed by atoms with E-state index in [0.717, 1.165) is 23.1 Å². The van der Waals surface area contributed by atoms with E-state index in [9.17, 15) is 31.5 Å². The summed E-state index contributed by atoms with van der Waals surface area (Å²) in [5.74, 6) is -1.49. The van der Waals surface area contributed by atoms with Crippen molar-refractivity contribution in [1.29, 1.82) is 0 Å². The van der Waals surface area contributed by atoms with Gasteiger partial charge in [-0.15, -0.1) is 0 Å². The molecule has 0 aliphatic heterocycles. The number of benzene rings is 2. The number of amides is 1. The second-order valence-corrected chi connectivity index (χ2v) is 8.36. The van der Waals surface area contributed by atoms with Crippen LogP contribution in [0.25, 0.3) is 16.6 Å². The fourth-order valence-electron chi connectivity index (χ4n) is 3.36. The number of hydrogen-bond acceptors (Lipinski definition) is 4. The highest BCUT2D eigenvalue weighted by Crippen LogP contribution is 2.29. The Kier molecular flexibility index (Phi) is 6.94. The molecule has 0 radical (unpaired) electrons. The second-order valence-electron chi connectivity index (χ2n) is 8.36. The van der Waals surface area contributed by atoms with E-state index < -0.39 is 64.1 Å². The van der Waals surface area contributed by atoms with Crippen LogP contribution in [0.3, 0.4) is 0 Å². The van der Waals surface area contributed by atoms with Crippen molar-refractivity contribution in [3.8, 4) is 5.69 Å². The molecule has 0 saturated heterocycles. The Morgan fingerprint density at radius 2 is 1.79 bits per heavy atom. The van der Waals surface area contributed by atoms with Crippen LogP contribution in [0.4, 0.5) is 32.7 Å². The molecule has 0 aliphatic rings. The maximum atomic E-state index is 14.2. The zero-order valence-corrected chi connectivity index (χ0v) is 18.8. The molecule has 182 valence electrons. The lowest BCUT2D eigenvalue weighted by Crippen LogP contribution is -2.40. The molecule has 11 heteroatoms. The van der Waals surface area contributed by atoms with Gasteiger partial charge in [0.2, 0.25) is 5.95 Å². The number of carbonyl (C=O) groups excluding carboxylic acids is 1. The van der Waals surface area contributed by atoms with Gasteiger partial charge in [0.15, 0.2) is 0 Å². The molecule has 0 atom stereocenters. The third-order valence-corrected chi connectivity index (χ3v) is 4.73. The molecular weight excluding hydrogens is 461 g/mol. The topological polar surface area (TPSA) is 64.4 Å². The molecule has 0 fully saturated rings. The van der Waals surface area contributed by atoms with E-state index in [2.05, 4.69) is 4.98 Å². The van der Waals surface area contributed by atoms with Crippen LogP contribution in [0.2, 0.25) is 0 Å². The quantitative estimate of drug-likeness (QED) is 0.408. The normalized spacial score (nSPS) is 12.0. The Morgan fingerprint density at radius 3 is 2.35 bits per heavy atom. The Morgan fingerprint density at radius 1 is 1.12 bits per heavy atom. The largest absolute Gasteiger partial charge is 0.443 e. The smallest absolute Gasteiger partial charge is 0.417 e. The van der Waals surface area contributed by atoms with Crippen molar-refractivity contribution in [2.75, 3.05) is 11.4 Å². The highest BCUT2D eigenvalue weighted by molar-refractivity contribution is 5.89. The van der Waals surface area contributed by atoms with E-state index in [-0.39, 0.29) is 12.1 Å². The van der Waals surface area contributed by atoms with Gasteiger partial charge < -0.3 is 4.74 Å². The lowest BCUT2D eigenvalue weighted by atomic mass is 10.1. The highest BCUT2D eigenvalue weighted by atomic mass is 19.3. The zero-order chi connectivity index (χ0) is 25.4. The summed E-state index contributed by atoms with van der Waals surface area (Å²) in [5, 5.41) is -0.482. The van der Waals surface area contributed by atoms with Gasteiger partial charge in [-0.1, -0.05) is 12.1 Å². The molecule has 1 amide bonds. The van der Waals surface area contributed by atoms with Gasteiger partial charge in [0.05, 0.1) is 16.6 Å². The van der Waals surface area contributed by atoms with Crippen molar-refractivity contribution in [3.05, 3.63) is 63.7 Å². The fourth-order valence-corrected chi connectivity index (χ4v) is 3.36. The second kappa shape index (κ2) is 9.40. The van der Waals surface area contributed by atoms with E-state index in [1.54, 1.807) is 20.8 Å². The van der Waals surface area contributed by atoms with Crippen LogP contribution >= 0.6 is 0 Å². The molecule has 0 aliphatic carbocycles. The molecule has 1 aromatic heterocycles. The van der Waals surface area contributed by atoms with Crippen molar-refractivity contribution in [2.24, 2.45) is 0 Å². The number of anilines is 1. The number of aromatic nitrogens is 2.